The lowest BCUT2D eigenvalue weighted by molar-refractivity contribution is 0.236. The highest BCUT2D eigenvalue weighted by molar-refractivity contribution is 5.36. The number of hydrogen-bond acceptors (Lipinski definition) is 3. The summed E-state index contributed by atoms with van der Waals surface area (Å²) in [7, 11) is 2.15. The predicted octanol–water partition coefficient (Wildman–Crippen LogP) is 3.21. The zero-order chi connectivity index (χ0) is 14.1. The van der Waals surface area contributed by atoms with Crippen molar-refractivity contribution in [2.45, 2.75) is 39.2 Å². The van der Waals surface area contributed by atoms with Crippen molar-refractivity contribution < 1.29 is 4.74 Å². The number of hydrogen-bond donors (Lipinski definition) is 1. The Morgan fingerprint density at radius 1 is 1.21 bits per heavy atom. The van der Waals surface area contributed by atoms with Crippen molar-refractivity contribution in [3.05, 3.63) is 29.8 Å². The number of nitrogens with zero attached hydrogens (tertiary/aromatic N) is 1. The van der Waals surface area contributed by atoms with Gasteiger partial charge in [-0.15, -0.1) is 0 Å². The molecule has 1 aromatic carbocycles. The molecule has 1 atom stereocenters. The topological polar surface area (TPSA) is 38.5 Å². The number of unbranched alkanes of at least 4 members (excludes halogenated alkanes) is 2. The first-order valence-corrected chi connectivity index (χ1v) is 7.36. The Balaban J connectivity index is 2.77. The number of likely N-dealkylation sites (N-methyl/N-ethyl adjacent to an activating group) is 1. The van der Waals surface area contributed by atoms with Crippen LogP contribution in [0, 0.1) is 0 Å². The van der Waals surface area contributed by atoms with Crippen molar-refractivity contribution in [1.29, 1.82) is 0 Å². The average Bonchev–Trinajstić information content (AvgIpc) is 2.42. The van der Waals surface area contributed by atoms with E-state index in [1.54, 1.807) is 0 Å². The van der Waals surface area contributed by atoms with Crippen molar-refractivity contribution in [3.8, 4) is 5.75 Å². The molecular weight excluding hydrogens is 236 g/mol. The van der Waals surface area contributed by atoms with Gasteiger partial charge in [-0.1, -0.05) is 38.0 Å². The molecule has 3 nitrogen and oxygen atoms in total. The van der Waals surface area contributed by atoms with Gasteiger partial charge in [-0.3, -0.25) is 4.90 Å². The molecule has 108 valence electrons. The minimum atomic E-state index is 0.236. The van der Waals surface area contributed by atoms with Gasteiger partial charge in [0.05, 0.1) is 12.6 Å². The lowest BCUT2D eigenvalue weighted by Crippen LogP contribution is -2.31. The number of nitrogens with two attached hydrogens (primary N) is 1. The molecule has 2 N–H and O–H groups in total. The first-order chi connectivity index (χ1) is 9.24. The number of ether oxygens (including phenoxy) is 1. The van der Waals surface area contributed by atoms with E-state index in [1.807, 2.05) is 19.1 Å². The van der Waals surface area contributed by atoms with Crippen LogP contribution >= 0.6 is 0 Å². The highest BCUT2D eigenvalue weighted by Gasteiger charge is 2.18. The fourth-order valence-electron chi connectivity index (χ4n) is 2.35. The lowest BCUT2D eigenvalue weighted by Gasteiger charge is -2.28. The summed E-state index contributed by atoms with van der Waals surface area (Å²) in [6.07, 6.45) is 3.74. The van der Waals surface area contributed by atoms with Crippen molar-refractivity contribution >= 4 is 0 Å². The molecule has 3 heteroatoms. The fraction of sp³-hybridized carbons (Fsp3) is 0.625. The van der Waals surface area contributed by atoms with E-state index in [1.165, 1.54) is 24.8 Å². The van der Waals surface area contributed by atoms with Gasteiger partial charge in [-0.05, 0) is 33.0 Å². The van der Waals surface area contributed by atoms with Crippen LogP contribution in [0.25, 0.3) is 0 Å². The number of para-hydroxylation sites is 1. The van der Waals surface area contributed by atoms with Crippen LogP contribution in [0.2, 0.25) is 0 Å². The quantitative estimate of drug-likeness (QED) is 0.696. The van der Waals surface area contributed by atoms with Gasteiger partial charge in [-0.25, -0.2) is 0 Å². The van der Waals surface area contributed by atoms with Gasteiger partial charge in [0.25, 0.3) is 0 Å². The number of rotatable bonds is 9. The average molecular weight is 264 g/mol. The minimum Gasteiger partial charge on any atom is -0.494 e. The highest BCUT2D eigenvalue weighted by atomic mass is 16.5. The molecule has 0 radical (unpaired) electrons. The van der Waals surface area contributed by atoms with Crippen LogP contribution in [0.1, 0.15) is 44.7 Å². The smallest absolute Gasteiger partial charge is 0.124 e. The van der Waals surface area contributed by atoms with Crippen LogP contribution in [0.5, 0.6) is 5.75 Å². The Bertz CT molecular complexity index is 354. The standard InChI is InChI=1S/C16H28N2O/c1-4-6-9-12-18(3)15(13-17)14-10-7-8-11-16(14)19-5-2/h7-8,10-11,15H,4-6,9,12-13,17H2,1-3H3. The van der Waals surface area contributed by atoms with Gasteiger partial charge in [0.2, 0.25) is 0 Å². The second kappa shape index (κ2) is 8.94. The second-order valence-corrected chi connectivity index (χ2v) is 4.91. The van der Waals surface area contributed by atoms with Crippen molar-refractivity contribution in [2.75, 3.05) is 26.7 Å². The summed E-state index contributed by atoms with van der Waals surface area (Å²) in [5.41, 5.74) is 7.18. The Labute approximate surface area is 117 Å². The molecule has 0 bridgehead atoms. The van der Waals surface area contributed by atoms with E-state index in [4.69, 9.17) is 10.5 Å². The molecule has 0 saturated heterocycles. The molecule has 0 amide bonds. The van der Waals surface area contributed by atoms with Crippen LogP contribution < -0.4 is 10.5 Å². The molecular formula is C16H28N2O. The molecule has 0 fully saturated rings. The Morgan fingerprint density at radius 3 is 2.58 bits per heavy atom. The summed E-state index contributed by atoms with van der Waals surface area (Å²) < 4.78 is 5.71. The van der Waals surface area contributed by atoms with Crippen molar-refractivity contribution in [2.24, 2.45) is 5.73 Å². The molecule has 1 rings (SSSR count). The Kier molecular flexibility index (Phi) is 7.53. The lowest BCUT2D eigenvalue weighted by atomic mass is 10.0. The summed E-state index contributed by atoms with van der Waals surface area (Å²) in [6.45, 7) is 6.63. The normalized spacial score (nSPS) is 12.7. The predicted molar refractivity (Wildman–Crippen MR) is 81.6 cm³/mol. The molecule has 0 heterocycles. The molecule has 0 spiro atoms. The molecule has 1 aromatic rings. The van der Waals surface area contributed by atoms with E-state index in [0.717, 1.165) is 12.3 Å². The highest BCUT2D eigenvalue weighted by Crippen LogP contribution is 2.28. The zero-order valence-electron chi connectivity index (χ0n) is 12.6. The summed E-state index contributed by atoms with van der Waals surface area (Å²) in [5, 5.41) is 0. The third-order valence-corrected chi connectivity index (χ3v) is 3.45. The van der Waals surface area contributed by atoms with Crippen LogP contribution in [0.15, 0.2) is 24.3 Å². The van der Waals surface area contributed by atoms with E-state index in [0.29, 0.717) is 13.2 Å². The van der Waals surface area contributed by atoms with E-state index in [-0.39, 0.29) is 6.04 Å². The van der Waals surface area contributed by atoms with Crippen molar-refractivity contribution in [1.82, 2.24) is 4.90 Å². The maximum Gasteiger partial charge on any atom is 0.124 e. The number of benzene rings is 1. The monoisotopic (exact) mass is 264 g/mol. The van der Waals surface area contributed by atoms with Gasteiger partial charge in [-0.2, -0.15) is 0 Å². The van der Waals surface area contributed by atoms with Gasteiger partial charge in [0.1, 0.15) is 5.75 Å². The van der Waals surface area contributed by atoms with Gasteiger partial charge < -0.3 is 10.5 Å². The zero-order valence-corrected chi connectivity index (χ0v) is 12.6. The third kappa shape index (κ3) is 4.84. The maximum atomic E-state index is 5.98. The van der Waals surface area contributed by atoms with E-state index < -0.39 is 0 Å². The van der Waals surface area contributed by atoms with Crippen LogP contribution in [0.4, 0.5) is 0 Å². The first-order valence-electron chi connectivity index (χ1n) is 7.36. The van der Waals surface area contributed by atoms with Crippen molar-refractivity contribution in [3.63, 3.8) is 0 Å². The fourth-order valence-corrected chi connectivity index (χ4v) is 2.35. The van der Waals surface area contributed by atoms with Crippen LogP contribution in [-0.4, -0.2) is 31.6 Å². The minimum absolute atomic E-state index is 0.236. The largest absolute Gasteiger partial charge is 0.494 e. The molecule has 0 aliphatic rings. The van der Waals surface area contributed by atoms with Crippen LogP contribution in [-0.2, 0) is 0 Å². The first kappa shape index (κ1) is 16.0. The summed E-state index contributed by atoms with van der Waals surface area (Å²) in [5.74, 6) is 0.961. The van der Waals surface area contributed by atoms with Gasteiger partial charge in [0.15, 0.2) is 0 Å². The summed E-state index contributed by atoms with van der Waals surface area (Å²) in [6, 6.07) is 8.46. The molecule has 0 aromatic heterocycles. The maximum absolute atomic E-state index is 5.98. The van der Waals surface area contributed by atoms with E-state index >= 15 is 0 Å². The van der Waals surface area contributed by atoms with Crippen LogP contribution in [0.3, 0.4) is 0 Å². The van der Waals surface area contributed by atoms with E-state index in [9.17, 15) is 0 Å². The summed E-state index contributed by atoms with van der Waals surface area (Å²) in [4.78, 5) is 2.34. The third-order valence-electron chi connectivity index (χ3n) is 3.45. The molecule has 0 aliphatic carbocycles. The molecule has 0 aliphatic heterocycles. The molecule has 0 saturated carbocycles. The Morgan fingerprint density at radius 2 is 1.95 bits per heavy atom. The molecule has 19 heavy (non-hydrogen) atoms. The van der Waals surface area contributed by atoms with Gasteiger partial charge >= 0.3 is 0 Å². The van der Waals surface area contributed by atoms with Gasteiger partial charge in [0, 0.05) is 12.1 Å². The molecule has 1 unspecified atom stereocenters. The second-order valence-electron chi connectivity index (χ2n) is 4.91. The van der Waals surface area contributed by atoms with E-state index in [2.05, 4.69) is 31.0 Å². The summed E-state index contributed by atoms with van der Waals surface area (Å²) >= 11 is 0. The Hall–Kier alpha value is -1.06. The SMILES string of the molecule is CCCCCN(C)C(CN)c1ccccc1OCC.